The van der Waals surface area contributed by atoms with Crippen molar-refractivity contribution in [2.75, 3.05) is 5.32 Å². The molecule has 0 amide bonds. The van der Waals surface area contributed by atoms with Gasteiger partial charge in [-0.25, -0.2) is 9.97 Å². The van der Waals surface area contributed by atoms with Crippen LogP contribution in [-0.4, -0.2) is 15.0 Å². The standard InChI is InChI=1S/C15H16N4S/c1-2-4-12-11(3-1)18-14(20-12)9-17-13-6-5-10-7-8-16-15(10)19-13/h5-8H,1-4,9H2,(H2,16,17,19). The molecule has 3 aromatic heterocycles. The van der Waals surface area contributed by atoms with E-state index >= 15 is 0 Å². The fraction of sp³-hybridized carbons (Fsp3) is 0.333. The highest BCUT2D eigenvalue weighted by molar-refractivity contribution is 7.11. The minimum absolute atomic E-state index is 0.761. The second-order valence-electron chi connectivity index (χ2n) is 5.15. The Kier molecular flexibility index (Phi) is 2.92. The van der Waals surface area contributed by atoms with E-state index in [9.17, 15) is 0 Å². The number of hydrogen-bond donors (Lipinski definition) is 2. The van der Waals surface area contributed by atoms with Crippen LogP contribution in [0, 0.1) is 0 Å². The number of aromatic nitrogens is 3. The van der Waals surface area contributed by atoms with Crippen molar-refractivity contribution in [3.8, 4) is 0 Å². The van der Waals surface area contributed by atoms with E-state index < -0.39 is 0 Å². The summed E-state index contributed by atoms with van der Waals surface area (Å²) in [6, 6.07) is 6.12. The van der Waals surface area contributed by atoms with Crippen molar-refractivity contribution in [1.82, 2.24) is 15.0 Å². The van der Waals surface area contributed by atoms with Gasteiger partial charge in [0.25, 0.3) is 0 Å². The van der Waals surface area contributed by atoms with Crippen LogP contribution in [0.2, 0.25) is 0 Å². The highest BCUT2D eigenvalue weighted by atomic mass is 32.1. The molecule has 2 N–H and O–H groups in total. The van der Waals surface area contributed by atoms with Gasteiger partial charge < -0.3 is 10.3 Å². The molecule has 0 aliphatic heterocycles. The van der Waals surface area contributed by atoms with Gasteiger partial charge in [0.05, 0.1) is 12.2 Å². The third-order valence-electron chi connectivity index (χ3n) is 3.72. The fourth-order valence-corrected chi connectivity index (χ4v) is 3.77. The molecule has 20 heavy (non-hydrogen) atoms. The first kappa shape index (κ1) is 11.9. The highest BCUT2D eigenvalue weighted by Crippen LogP contribution is 2.27. The van der Waals surface area contributed by atoms with Crippen LogP contribution in [0.15, 0.2) is 24.4 Å². The summed E-state index contributed by atoms with van der Waals surface area (Å²) in [6.07, 6.45) is 6.87. The second kappa shape index (κ2) is 4.90. The Morgan fingerprint density at radius 3 is 3.05 bits per heavy atom. The molecule has 1 aliphatic carbocycles. The van der Waals surface area contributed by atoms with Gasteiger partial charge in [-0.1, -0.05) is 0 Å². The molecular weight excluding hydrogens is 268 g/mol. The molecule has 4 nitrogen and oxygen atoms in total. The van der Waals surface area contributed by atoms with Gasteiger partial charge in [0.15, 0.2) is 0 Å². The first-order chi connectivity index (χ1) is 9.88. The van der Waals surface area contributed by atoms with Crippen LogP contribution >= 0.6 is 11.3 Å². The van der Waals surface area contributed by atoms with Gasteiger partial charge in [0.2, 0.25) is 0 Å². The van der Waals surface area contributed by atoms with Gasteiger partial charge in [-0.15, -0.1) is 11.3 Å². The number of aryl methyl sites for hydroxylation is 2. The smallest absolute Gasteiger partial charge is 0.139 e. The summed E-state index contributed by atoms with van der Waals surface area (Å²) in [7, 11) is 0. The molecule has 0 unspecified atom stereocenters. The lowest BCUT2D eigenvalue weighted by Gasteiger charge is -2.06. The molecule has 0 atom stereocenters. The van der Waals surface area contributed by atoms with Crippen molar-refractivity contribution in [1.29, 1.82) is 0 Å². The van der Waals surface area contributed by atoms with Crippen molar-refractivity contribution in [3.63, 3.8) is 0 Å². The van der Waals surface area contributed by atoms with E-state index in [0.29, 0.717) is 0 Å². The van der Waals surface area contributed by atoms with Crippen molar-refractivity contribution in [2.45, 2.75) is 32.2 Å². The maximum atomic E-state index is 4.74. The molecule has 0 bridgehead atoms. The molecule has 0 saturated heterocycles. The number of fused-ring (bicyclic) bond motifs is 2. The fourth-order valence-electron chi connectivity index (χ4n) is 2.68. The Hall–Kier alpha value is -1.88. The molecule has 0 saturated carbocycles. The Bertz CT molecular complexity index is 720. The SMILES string of the molecule is c1cc2ccc(NCc3nc4c(s3)CCCC4)nc2[nH]1. The van der Waals surface area contributed by atoms with Crippen LogP contribution in [0.3, 0.4) is 0 Å². The molecule has 0 spiro atoms. The third-order valence-corrected chi connectivity index (χ3v) is 4.88. The lowest BCUT2D eigenvalue weighted by molar-refractivity contribution is 0.681. The lowest BCUT2D eigenvalue weighted by atomic mass is 10.0. The Morgan fingerprint density at radius 2 is 2.10 bits per heavy atom. The quantitative estimate of drug-likeness (QED) is 0.774. The summed E-state index contributed by atoms with van der Waals surface area (Å²) >= 11 is 1.85. The van der Waals surface area contributed by atoms with E-state index in [1.807, 2.05) is 29.7 Å². The lowest BCUT2D eigenvalue weighted by Crippen LogP contribution is -2.02. The Labute approximate surface area is 121 Å². The van der Waals surface area contributed by atoms with Gasteiger partial charge in [0.1, 0.15) is 16.5 Å². The van der Waals surface area contributed by atoms with Crippen LogP contribution in [0.25, 0.3) is 11.0 Å². The summed E-state index contributed by atoms with van der Waals surface area (Å²) in [4.78, 5) is 13.9. The number of anilines is 1. The number of thiazole rings is 1. The maximum Gasteiger partial charge on any atom is 0.139 e. The molecule has 102 valence electrons. The van der Waals surface area contributed by atoms with E-state index in [2.05, 4.69) is 21.4 Å². The molecule has 0 fully saturated rings. The van der Waals surface area contributed by atoms with Crippen LogP contribution in [0.1, 0.15) is 28.4 Å². The predicted molar refractivity (Wildman–Crippen MR) is 82.2 cm³/mol. The average Bonchev–Trinajstić information content (AvgIpc) is 3.10. The number of rotatable bonds is 3. The van der Waals surface area contributed by atoms with Crippen molar-refractivity contribution in [2.24, 2.45) is 0 Å². The highest BCUT2D eigenvalue weighted by Gasteiger charge is 2.14. The van der Waals surface area contributed by atoms with E-state index in [1.54, 1.807) is 0 Å². The molecular formula is C15H16N4S. The summed E-state index contributed by atoms with van der Waals surface area (Å²) in [6.45, 7) is 0.761. The van der Waals surface area contributed by atoms with Gasteiger partial charge in [-0.2, -0.15) is 0 Å². The molecule has 0 aromatic carbocycles. The number of pyridine rings is 1. The van der Waals surface area contributed by atoms with Crippen molar-refractivity contribution in [3.05, 3.63) is 40.0 Å². The normalized spacial score (nSPS) is 14.4. The predicted octanol–water partition coefficient (Wildman–Crippen LogP) is 3.51. The Balaban J connectivity index is 1.50. The molecule has 1 aliphatic rings. The van der Waals surface area contributed by atoms with Gasteiger partial charge in [-0.3, -0.25) is 0 Å². The molecule has 4 rings (SSSR count). The molecule has 3 heterocycles. The number of nitrogens with zero attached hydrogens (tertiary/aromatic N) is 2. The second-order valence-corrected chi connectivity index (χ2v) is 6.32. The van der Waals surface area contributed by atoms with E-state index in [0.717, 1.165) is 29.8 Å². The van der Waals surface area contributed by atoms with Gasteiger partial charge >= 0.3 is 0 Å². The number of hydrogen-bond acceptors (Lipinski definition) is 4. The number of H-pyrrole nitrogens is 1. The van der Waals surface area contributed by atoms with Crippen LogP contribution < -0.4 is 5.32 Å². The Morgan fingerprint density at radius 1 is 1.15 bits per heavy atom. The van der Waals surface area contributed by atoms with E-state index in [-0.39, 0.29) is 0 Å². The van der Waals surface area contributed by atoms with Crippen LogP contribution in [0.5, 0.6) is 0 Å². The van der Waals surface area contributed by atoms with Crippen molar-refractivity contribution < 1.29 is 0 Å². The van der Waals surface area contributed by atoms with Crippen LogP contribution in [-0.2, 0) is 19.4 Å². The van der Waals surface area contributed by atoms with E-state index in [4.69, 9.17) is 4.98 Å². The first-order valence-corrected chi connectivity index (χ1v) is 7.85. The zero-order valence-electron chi connectivity index (χ0n) is 11.1. The molecule has 3 aromatic rings. The van der Waals surface area contributed by atoms with Crippen molar-refractivity contribution >= 4 is 28.2 Å². The molecule has 5 heteroatoms. The first-order valence-electron chi connectivity index (χ1n) is 7.04. The maximum absolute atomic E-state index is 4.74. The zero-order chi connectivity index (χ0) is 13.4. The largest absolute Gasteiger partial charge is 0.363 e. The third kappa shape index (κ3) is 2.18. The van der Waals surface area contributed by atoms with Gasteiger partial charge in [0, 0.05) is 16.5 Å². The van der Waals surface area contributed by atoms with Crippen LogP contribution in [0.4, 0.5) is 5.82 Å². The zero-order valence-corrected chi connectivity index (χ0v) is 12.0. The summed E-state index contributed by atoms with van der Waals surface area (Å²) < 4.78 is 0. The summed E-state index contributed by atoms with van der Waals surface area (Å²) in [5.74, 6) is 0.896. The summed E-state index contributed by atoms with van der Waals surface area (Å²) in [5, 5.41) is 5.68. The summed E-state index contributed by atoms with van der Waals surface area (Å²) in [5.41, 5.74) is 2.25. The molecule has 0 radical (unpaired) electrons. The topological polar surface area (TPSA) is 53.6 Å². The minimum atomic E-state index is 0.761. The average molecular weight is 284 g/mol. The number of nitrogens with one attached hydrogen (secondary N) is 2. The van der Waals surface area contributed by atoms with Gasteiger partial charge in [-0.05, 0) is 43.9 Å². The monoisotopic (exact) mass is 284 g/mol. The minimum Gasteiger partial charge on any atom is -0.363 e. The van der Waals surface area contributed by atoms with E-state index in [1.165, 1.54) is 34.8 Å². The number of aromatic amines is 1.